The summed E-state index contributed by atoms with van der Waals surface area (Å²) in [6, 6.07) is 5.76. The normalized spacial score (nSPS) is 12.4. The van der Waals surface area contributed by atoms with E-state index in [0.717, 1.165) is 38.7 Å². The molecule has 12 heteroatoms. The Morgan fingerprint density at radius 1 is 1.22 bits per heavy atom. The van der Waals surface area contributed by atoms with Gasteiger partial charge in [-0.25, -0.2) is 13.1 Å². The van der Waals surface area contributed by atoms with Crippen LogP contribution in [0.25, 0.3) is 16.6 Å². The largest absolute Gasteiger partial charge is 0.433 e. The lowest BCUT2D eigenvalue weighted by Gasteiger charge is -2.22. The molecule has 0 aliphatic rings. The van der Waals surface area contributed by atoms with Gasteiger partial charge in [0.2, 0.25) is 0 Å². The predicted molar refractivity (Wildman–Crippen MR) is 112 cm³/mol. The van der Waals surface area contributed by atoms with Crippen molar-refractivity contribution in [2.75, 3.05) is 11.4 Å². The number of nitrogens with zero attached hydrogens (tertiary/aromatic N) is 5. The molecule has 0 aliphatic carbocycles. The van der Waals surface area contributed by atoms with Gasteiger partial charge in [-0.05, 0) is 37.1 Å². The number of aromatic amines is 1. The maximum absolute atomic E-state index is 13.4. The summed E-state index contributed by atoms with van der Waals surface area (Å²) in [6.07, 6.45) is -0.763. The minimum absolute atomic E-state index is 0.0402. The average molecular weight is 464 g/mol. The zero-order chi connectivity index (χ0) is 23.3. The standard InChI is InChI=1S/C20H19F3N6O2S/c1-4-13-5-6-16-18(12(2)26-27-16)19(13)28(3)32(30,31)15-10-25-29(11-15)14-7-8-24-17(9-14)20(21,22)23/h5-11H,4H2,1-3H3,(H,26,27). The molecular weight excluding hydrogens is 445 g/mol. The van der Waals surface area contributed by atoms with Gasteiger partial charge in [-0.15, -0.1) is 0 Å². The number of rotatable bonds is 5. The van der Waals surface area contributed by atoms with Crippen molar-refractivity contribution in [2.24, 2.45) is 0 Å². The Labute approximate surface area is 181 Å². The van der Waals surface area contributed by atoms with E-state index < -0.39 is 21.9 Å². The monoisotopic (exact) mass is 464 g/mol. The summed E-state index contributed by atoms with van der Waals surface area (Å²) in [5, 5.41) is 11.7. The van der Waals surface area contributed by atoms with Crippen molar-refractivity contribution in [3.8, 4) is 5.69 Å². The van der Waals surface area contributed by atoms with Crippen LogP contribution in [0.2, 0.25) is 0 Å². The Morgan fingerprint density at radius 3 is 2.66 bits per heavy atom. The Bertz CT molecular complexity index is 1410. The van der Waals surface area contributed by atoms with Gasteiger partial charge in [0.25, 0.3) is 10.0 Å². The molecule has 0 radical (unpaired) electrons. The number of benzene rings is 1. The number of aryl methyl sites for hydroxylation is 2. The zero-order valence-corrected chi connectivity index (χ0v) is 18.2. The molecule has 0 aliphatic heterocycles. The highest BCUT2D eigenvalue weighted by Gasteiger charge is 2.33. The quantitative estimate of drug-likeness (QED) is 0.484. The smallest absolute Gasteiger partial charge is 0.282 e. The third-order valence-electron chi connectivity index (χ3n) is 5.17. The van der Waals surface area contributed by atoms with Gasteiger partial charge >= 0.3 is 6.18 Å². The van der Waals surface area contributed by atoms with Crippen LogP contribution in [0.5, 0.6) is 0 Å². The van der Waals surface area contributed by atoms with Crippen molar-refractivity contribution < 1.29 is 21.6 Å². The van der Waals surface area contributed by atoms with Crippen LogP contribution in [0.3, 0.4) is 0 Å². The number of alkyl halides is 3. The number of halogens is 3. The van der Waals surface area contributed by atoms with Gasteiger partial charge in [-0.1, -0.05) is 13.0 Å². The second-order valence-corrected chi connectivity index (χ2v) is 9.13. The van der Waals surface area contributed by atoms with Crippen molar-refractivity contribution in [2.45, 2.75) is 31.3 Å². The second-order valence-electron chi connectivity index (χ2n) is 7.16. The van der Waals surface area contributed by atoms with Gasteiger partial charge in [-0.2, -0.15) is 23.4 Å². The van der Waals surface area contributed by atoms with Gasteiger partial charge in [0.1, 0.15) is 10.6 Å². The maximum Gasteiger partial charge on any atom is 0.433 e. The molecule has 4 rings (SSSR count). The molecule has 0 amide bonds. The molecule has 4 aromatic rings. The fourth-order valence-electron chi connectivity index (χ4n) is 3.51. The highest BCUT2D eigenvalue weighted by Crippen LogP contribution is 2.35. The van der Waals surface area contributed by atoms with Gasteiger partial charge in [0.15, 0.2) is 0 Å². The average Bonchev–Trinajstić information content (AvgIpc) is 3.40. The molecule has 0 saturated heterocycles. The molecule has 3 heterocycles. The summed E-state index contributed by atoms with van der Waals surface area (Å²) < 4.78 is 67.9. The van der Waals surface area contributed by atoms with E-state index in [1.54, 1.807) is 6.92 Å². The van der Waals surface area contributed by atoms with E-state index in [4.69, 9.17) is 0 Å². The minimum atomic E-state index is -4.63. The molecule has 32 heavy (non-hydrogen) atoms. The van der Waals surface area contributed by atoms with Crippen LogP contribution in [0.4, 0.5) is 18.9 Å². The molecule has 0 atom stereocenters. The number of nitrogens with one attached hydrogen (secondary N) is 1. The SMILES string of the molecule is CCc1ccc2n[nH]c(C)c2c1N(C)S(=O)(=O)c1cnn(-c2ccnc(C(F)(F)F)c2)c1. The van der Waals surface area contributed by atoms with Crippen molar-refractivity contribution in [1.29, 1.82) is 0 Å². The van der Waals surface area contributed by atoms with Crippen molar-refractivity contribution >= 4 is 26.6 Å². The van der Waals surface area contributed by atoms with Gasteiger partial charge in [0.05, 0.1) is 29.3 Å². The summed E-state index contributed by atoms with van der Waals surface area (Å²) in [6.45, 7) is 3.72. The van der Waals surface area contributed by atoms with Crippen LogP contribution >= 0.6 is 0 Å². The van der Waals surface area contributed by atoms with Gasteiger partial charge < -0.3 is 0 Å². The molecule has 0 unspecified atom stereocenters. The summed E-state index contributed by atoms with van der Waals surface area (Å²) in [7, 11) is -2.63. The third kappa shape index (κ3) is 3.60. The summed E-state index contributed by atoms with van der Waals surface area (Å²) in [4.78, 5) is 3.15. The fraction of sp³-hybridized carbons (Fsp3) is 0.250. The fourth-order valence-corrected chi connectivity index (χ4v) is 4.69. The van der Waals surface area contributed by atoms with Crippen LogP contribution in [0, 0.1) is 6.92 Å². The zero-order valence-electron chi connectivity index (χ0n) is 17.3. The highest BCUT2D eigenvalue weighted by atomic mass is 32.2. The first kappa shape index (κ1) is 21.8. The Kier molecular flexibility index (Phi) is 5.19. The molecule has 0 fully saturated rings. The lowest BCUT2D eigenvalue weighted by atomic mass is 10.1. The van der Waals surface area contributed by atoms with E-state index in [1.165, 1.54) is 19.3 Å². The van der Waals surface area contributed by atoms with Crippen molar-refractivity contribution in [3.63, 3.8) is 0 Å². The van der Waals surface area contributed by atoms with E-state index >= 15 is 0 Å². The lowest BCUT2D eigenvalue weighted by molar-refractivity contribution is -0.141. The second kappa shape index (κ2) is 7.62. The summed E-state index contributed by atoms with van der Waals surface area (Å²) in [5.41, 5.74) is 1.60. The van der Waals surface area contributed by atoms with E-state index in [9.17, 15) is 21.6 Å². The molecule has 1 N–H and O–H groups in total. The van der Waals surface area contributed by atoms with Crippen molar-refractivity contribution in [3.05, 3.63) is 59.8 Å². The molecule has 168 valence electrons. The number of H-pyrrole nitrogens is 1. The van der Waals surface area contributed by atoms with Crippen LogP contribution in [-0.4, -0.2) is 40.4 Å². The number of aromatic nitrogens is 5. The van der Waals surface area contributed by atoms with E-state index in [1.807, 2.05) is 19.1 Å². The minimum Gasteiger partial charge on any atom is -0.282 e. The van der Waals surface area contributed by atoms with E-state index in [-0.39, 0.29) is 10.6 Å². The van der Waals surface area contributed by atoms with Crippen LogP contribution in [0.1, 0.15) is 23.9 Å². The molecular formula is C20H19F3N6O2S. The van der Waals surface area contributed by atoms with Gasteiger partial charge in [-0.3, -0.25) is 14.4 Å². The number of sulfonamides is 1. The first-order valence-corrected chi connectivity index (χ1v) is 11.0. The highest BCUT2D eigenvalue weighted by molar-refractivity contribution is 7.92. The molecule has 8 nitrogen and oxygen atoms in total. The first-order valence-electron chi connectivity index (χ1n) is 9.57. The van der Waals surface area contributed by atoms with Crippen molar-refractivity contribution in [1.82, 2.24) is 25.0 Å². The summed E-state index contributed by atoms with van der Waals surface area (Å²) in [5.74, 6) is 0. The first-order chi connectivity index (χ1) is 15.0. The third-order valence-corrected chi connectivity index (χ3v) is 6.88. The lowest BCUT2D eigenvalue weighted by Crippen LogP contribution is -2.27. The molecule has 0 saturated carbocycles. The predicted octanol–water partition coefficient (Wildman–Crippen LogP) is 3.86. The number of hydrogen-bond acceptors (Lipinski definition) is 5. The number of hydrogen-bond donors (Lipinski definition) is 1. The van der Waals surface area contributed by atoms with Crippen LogP contribution in [0.15, 0.2) is 47.8 Å². The maximum atomic E-state index is 13.4. The Hall–Kier alpha value is -3.41. The summed E-state index contributed by atoms with van der Waals surface area (Å²) >= 11 is 0. The molecule has 3 aromatic heterocycles. The molecule has 1 aromatic carbocycles. The Morgan fingerprint density at radius 2 is 1.97 bits per heavy atom. The van der Waals surface area contributed by atoms with E-state index in [2.05, 4.69) is 20.3 Å². The topological polar surface area (TPSA) is 96.8 Å². The van der Waals surface area contributed by atoms with E-state index in [0.29, 0.717) is 23.0 Å². The molecule has 0 spiro atoms. The number of pyridine rings is 1. The number of fused-ring (bicyclic) bond motifs is 1. The Balaban J connectivity index is 1.78. The number of anilines is 1. The van der Waals surface area contributed by atoms with Gasteiger partial charge in [0, 0.05) is 24.3 Å². The van der Waals surface area contributed by atoms with Crippen LogP contribution in [-0.2, 0) is 22.6 Å². The molecule has 0 bridgehead atoms. The van der Waals surface area contributed by atoms with Crippen LogP contribution < -0.4 is 4.31 Å².